The first kappa shape index (κ1) is 28.6. The van der Waals surface area contributed by atoms with E-state index in [0.717, 1.165) is 0 Å². The van der Waals surface area contributed by atoms with Crippen LogP contribution >= 0.6 is 0 Å². The van der Waals surface area contributed by atoms with Gasteiger partial charge in [-0.25, -0.2) is 0 Å². The van der Waals surface area contributed by atoms with Crippen LogP contribution in [0.15, 0.2) is 4.99 Å². The number of hydrogen-bond donors (Lipinski definition) is 2. The smallest absolute Gasteiger partial charge is 0.387 e. The fraction of sp³-hybridized carbons (Fsp3) is 0.765. The number of Topliss-reactive ketones (excluding diaryl/α,β-unsaturated/α-hetero) is 1. The lowest BCUT2D eigenvalue weighted by Crippen LogP contribution is -2.52. The van der Waals surface area contributed by atoms with E-state index in [2.05, 4.69) is 15.0 Å². The Bertz CT molecular complexity index is 672. The molecule has 1 atom stereocenters. The van der Waals surface area contributed by atoms with E-state index < -0.39 is 48.4 Å². The normalized spacial score (nSPS) is 14.3. The number of amides is 1. The van der Waals surface area contributed by atoms with Crippen LogP contribution in [0.4, 0.5) is 26.3 Å². The monoisotopic (exact) mass is 462 g/mol. The Morgan fingerprint density at radius 1 is 1.16 bits per heavy atom. The van der Waals surface area contributed by atoms with Crippen LogP contribution < -0.4 is 11.1 Å². The van der Waals surface area contributed by atoms with Gasteiger partial charge < -0.3 is 20.5 Å². The first-order chi connectivity index (χ1) is 14.1. The standard InChI is InChI=1S/C17H24F6N4O4/c1-15(2,30-3)14(29)27-10(5-4-8-26-12(25)6-7-24)11(28)9-31-13(16(18,19)20)17(21,22)23/h10,13H,4-6,8-9H2,1-3H3,(H2,25,26)(H,27,29)/t10-/m0/s1. The van der Waals surface area contributed by atoms with Crippen LogP contribution in [0.3, 0.4) is 0 Å². The molecule has 1 amide bonds. The van der Waals surface area contributed by atoms with Gasteiger partial charge in [-0.1, -0.05) is 0 Å². The summed E-state index contributed by atoms with van der Waals surface area (Å²) in [5.74, 6) is -2.01. The Morgan fingerprint density at radius 3 is 2.16 bits per heavy atom. The van der Waals surface area contributed by atoms with Crippen molar-refractivity contribution in [3.05, 3.63) is 0 Å². The molecule has 0 fully saturated rings. The number of amidine groups is 1. The van der Waals surface area contributed by atoms with E-state index in [4.69, 9.17) is 15.7 Å². The highest BCUT2D eigenvalue weighted by Crippen LogP contribution is 2.35. The van der Waals surface area contributed by atoms with Gasteiger partial charge in [0.25, 0.3) is 5.91 Å². The molecular formula is C17H24F6N4O4. The Hall–Kier alpha value is -2.40. The molecular weight excluding hydrogens is 438 g/mol. The predicted molar refractivity (Wildman–Crippen MR) is 95.8 cm³/mol. The molecule has 3 N–H and O–H groups in total. The number of aliphatic imine (C=N–C) groups is 1. The molecule has 0 saturated carbocycles. The van der Waals surface area contributed by atoms with Gasteiger partial charge in [-0.2, -0.15) is 31.6 Å². The molecule has 0 aliphatic carbocycles. The molecule has 0 aromatic carbocycles. The van der Waals surface area contributed by atoms with Crippen LogP contribution in [-0.4, -0.2) is 67.9 Å². The molecule has 0 aromatic heterocycles. The maximum atomic E-state index is 12.6. The molecule has 0 spiro atoms. The zero-order valence-electron chi connectivity index (χ0n) is 17.1. The fourth-order valence-electron chi connectivity index (χ4n) is 2.03. The van der Waals surface area contributed by atoms with Crippen molar-refractivity contribution in [2.75, 3.05) is 20.3 Å². The summed E-state index contributed by atoms with van der Waals surface area (Å²) in [5.41, 5.74) is 4.00. The van der Waals surface area contributed by atoms with E-state index in [1.807, 2.05) is 0 Å². The predicted octanol–water partition coefficient (Wildman–Crippen LogP) is 2.03. The molecule has 31 heavy (non-hydrogen) atoms. The summed E-state index contributed by atoms with van der Waals surface area (Å²) in [4.78, 5) is 28.3. The molecule has 0 bridgehead atoms. The molecule has 178 valence electrons. The first-order valence-corrected chi connectivity index (χ1v) is 8.85. The number of carbonyl (C=O) groups is 2. The second kappa shape index (κ2) is 11.8. The number of halogens is 6. The zero-order valence-corrected chi connectivity index (χ0v) is 17.1. The van der Waals surface area contributed by atoms with Gasteiger partial charge in [0, 0.05) is 13.7 Å². The van der Waals surface area contributed by atoms with E-state index in [9.17, 15) is 35.9 Å². The molecule has 8 nitrogen and oxygen atoms in total. The number of rotatable bonds is 12. The summed E-state index contributed by atoms with van der Waals surface area (Å²) in [5, 5.41) is 10.7. The first-order valence-electron chi connectivity index (χ1n) is 8.85. The van der Waals surface area contributed by atoms with E-state index in [-0.39, 0.29) is 31.6 Å². The summed E-state index contributed by atoms with van der Waals surface area (Å²) >= 11 is 0. The topological polar surface area (TPSA) is 127 Å². The number of alkyl halides is 6. The highest BCUT2D eigenvalue weighted by Gasteiger charge is 2.58. The number of ether oxygens (including phenoxy) is 2. The molecule has 0 aromatic rings. The van der Waals surface area contributed by atoms with E-state index in [1.54, 1.807) is 6.07 Å². The van der Waals surface area contributed by atoms with Gasteiger partial charge in [0.2, 0.25) is 6.10 Å². The molecule has 0 aliphatic heterocycles. The number of carbonyl (C=O) groups excluding carboxylic acids is 2. The number of methoxy groups -OCH3 is 1. The summed E-state index contributed by atoms with van der Waals surface area (Å²) in [7, 11) is 1.20. The van der Waals surface area contributed by atoms with Crippen LogP contribution in [0.5, 0.6) is 0 Å². The third-order valence-corrected chi connectivity index (χ3v) is 3.96. The van der Waals surface area contributed by atoms with Crippen molar-refractivity contribution in [3.63, 3.8) is 0 Å². The maximum absolute atomic E-state index is 12.6. The van der Waals surface area contributed by atoms with E-state index in [1.165, 1.54) is 21.0 Å². The van der Waals surface area contributed by atoms with Crippen LogP contribution in [0.2, 0.25) is 0 Å². The van der Waals surface area contributed by atoms with Crippen molar-refractivity contribution in [2.45, 2.75) is 63.2 Å². The third-order valence-electron chi connectivity index (χ3n) is 3.96. The lowest BCUT2D eigenvalue weighted by atomic mass is 10.0. The number of hydrogen-bond acceptors (Lipinski definition) is 6. The molecule has 0 rings (SSSR count). The summed E-state index contributed by atoms with van der Waals surface area (Å²) in [6.45, 7) is 1.16. The molecule has 0 aliphatic rings. The minimum Gasteiger partial charge on any atom is -0.387 e. The SMILES string of the molecule is COC(C)(C)C(=O)N[C@@H](CCCN=C(N)CC#N)C(=O)COC(C(F)(F)F)C(F)(F)F. The van der Waals surface area contributed by atoms with Gasteiger partial charge >= 0.3 is 12.4 Å². The van der Waals surface area contributed by atoms with Gasteiger partial charge in [0.05, 0.1) is 18.5 Å². The summed E-state index contributed by atoms with van der Waals surface area (Å²) in [6.07, 6.45) is -15.9. The number of ketones is 1. The van der Waals surface area contributed by atoms with Gasteiger partial charge in [0.15, 0.2) is 5.78 Å². The lowest BCUT2D eigenvalue weighted by molar-refractivity contribution is -0.319. The zero-order chi connectivity index (χ0) is 24.5. The Labute approximate surface area is 174 Å². The van der Waals surface area contributed by atoms with Gasteiger partial charge in [-0.15, -0.1) is 0 Å². The Balaban J connectivity index is 5.29. The second-order valence-electron chi connectivity index (χ2n) is 6.83. The van der Waals surface area contributed by atoms with Crippen LogP contribution in [0.25, 0.3) is 0 Å². The van der Waals surface area contributed by atoms with Crippen molar-refractivity contribution < 1.29 is 45.4 Å². The minimum absolute atomic E-state index is 0.00934. The highest BCUT2D eigenvalue weighted by molar-refractivity contribution is 5.92. The van der Waals surface area contributed by atoms with E-state index >= 15 is 0 Å². The highest BCUT2D eigenvalue weighted by atomic mass is 19.4. The van der Waals surface area contributed by atoms with Gasteiger partial charge in [-0.05, 0) is 26.7 Å². The average Bonchev–Trinajstić information content (AvgIpc) is 2.61. The molecule has 0 unspecified atom stereocenters. The van der Waals surface area contributed by atoms with Crippen molar-refractivity contribution in [3.8, 4) is 6.07 Å². The van der Waals surface area contributed by atoms with Gasteiger partial charge in [0.1, 0.15) is 18.0 Å². The van der Waals surface area contributed by atoms with Crippen molar-refractivity contribution in [1.82, 2.24) is 5.32 Å². The van der Waals surface area contributed by atoms with E-state index in [0.29, 0.717) is 0 Å². The molecule has 0 heterocycles. The summed E-state index contributed by atoms with van der Waals surface area (Å²) in [6, 6.07) is 0.293. The Kier molecular flexibility index (Phi) is 10.9. The number of nitriles is 1. The van der Waals surface area contributed by atoms with Crippen molar-refractivity contribution >= 4 is 17.5 Å². The lowest BCUT2D eigenvalue weighted by Gasteiger charge is -2.27. The molecule has 0 radical (unpaired) electrons. The maximum Gasteiger partial charge on any atom is 0.423 e. The number of nitrogens with zero attached hydrogens (tertiary/aromatic N) is 2. The van der Waals surface area contributed by atoms with Crippen LogP contribution in [0, 0.1) is 11.3 Å². The quantitative estimate of drug-likeness (QED) is 0.198. The summed E-state index contributed by atoms with van der Waals surface area (Å²) < 4.78 is 84.2. The Morgan fingerprint density at radius 2 is 1.71 bits per heavy atom. The molecule has 0 saturated heterocycles. The van der Waals surface area contributed by atoms with Crippen LogP contribution in [0.1, 0.15) is 33.1 Å². The van der Waals surface area contributed by atoms with Gasteiger partial charge in [-0.3, -0.25) is 14.6 Å². The van der Waals surface area contributed by atoms with Crippen LogP contribution in [-0.2, 0) is 19.1 Å². The fourth-order valence-corrected chi connectivity index (χ4v) is 2.03. The largest absolute Gasteiger partial charge is 0.423 e. The average molecular weight is 462 g/mol. The number of nitrogens with two attached hydrogens (primary N) is 1. The van der Waals surface area contributed by atoms with Crippen molar-refractivity contribution in [2.24, 2.45) is 10.7 Å². The third kappa shape index (κ3) is 10.5. The molecule has 14 heteroatoms. The minimum atomic E-state index is -5.78. The number of nitrogens with one attached hydrogen (secondary N) is 1. The second-order valence-corrected chi connectivity index (χ2v) is 6.83. The van der Waals surface area contributed by atoms with Crippen molar-refractivity contribution in [1.29, 1.82) is 5.26 Å².